The molecule has 8 aliphatic carbocycles. The summed E-state index contributed by atoms with van der Waals surface area (Å²) in [5.74, 6) is -14.3. The second-order valence-electron chi connectivity index (χ2n) is 16.3. The van der Waals surface area contributed by atoms with Crippen molar-refractivity contribution in [2.45, 2.75) is 160 Å². The monoisotopic (exact) mass is 656 g/mol. The van der Waals surface area contributed by atoms with E-state index in [1.165, 1.54) is 0 Å². The minimum absolute atomic E-state index is 0.117. The summed E-state index contributed by atoms with van der Waals surface area (Å²) in [5, 5.41) is 0. The molecule has 0 heterocycles. The zero-order chi connectivity index (χ0) is 33.1. The Hall–Kier alpha value is -1.38. The van der Waals surface area contributed by atoms with Crippen LogP contribution in [0.3, 0.4) is 0 Å². The van der Waals surface area contributed by atoms with E-state index in [2.05, 4.69) is 6.92 Å². The lowest BCUT2D eigenvalue weighted by atomic mass is 9.45. The lowest BCUT2D eigenvalue weighted by Gasteiger charge is -2.63. The van der Waals surface area contributed by atoms with Crippen molar-refractivity contribution in [3.63, 3.8) is 0 Å². The largest absolute Gasteiger partial charge is 0.454 e. The van der Waals surface area contributed by atoms with Gasteiger partial charge in [0.05, 0.1) is 6.10 Å². The molecule has 0 spiro atoms. The van der Waals surface area contributed by atoms with Crippen LogP contribution in [0.2, 0.25) is 0 Å². The fourth-order valence-corrected chi connectivity index (χ4v) is 12.0. The lowest BCUT2D eigenvalue weighted by Crippen LogP contribution is -2.68. The maximum absolute atomic E-state index is 15.9. The van der Waals surface area contributed by atoms with E-state index in [0.717, 1.165) is 64.2 Å². The van der Waals surface area contributed by atoms with Crippen LogP contribution >= 0.6 is 0 Å². The average molecular weight is 657 g/mol. The van der Waals surface area contributed by atoms with Gasteiger partial charge in [0.25, 0.3) is 0 Å². The highest BCUT2D eigenvalue weighted by Crippen LogP contribution is 2.65. The minimum Gasteiger partial charge on any atom is -0.454 e. The van der Waals surface area contributed by atoms with Crippen molar-refractivity contribution < 1.29 is 41.4 Å². The summed E-state index contributed by atoms with van der Waals surface area (Å²) in [6.45, 7) is 8.48. The van der Waals surface area contributed by atoms with Crippen LogP contribution in [0.25, 0.3) is 0 Å². The fourth-order valence-electron chi connectivity index (χ4n) is 12.0. The molecule has 0 amide bonds. The number of hydrogen-bond acceptors (Lipinski definition) is 5. The summed E-state index contributed by atoms with van der Waals surface area (Å²) >= 11 is 0. The quantitative estimate of drug-likeness (QED) is 0.1000. The Labute approximate surface area is 272 Å². The van der Waals surface area contributed by atoms with Gasteiger partial charge < -0.3 is 14.2 Å². The van der Waals surface area contributed by atoms with Gasteiger partial charge in [0.2, 0.25) is 0 Å². The van der Waals surface area contributed by atoms with Crippen molar-refractivity contribution in [3.8, 4) is 0 Å². The van der Waals surface area contributed by atoms with Crippen LogP contribution in [-0.4, -0.2) is 47.7 Å². The molecule has 0 aliphatic heterocycles. The number of carbonyl (C=O) groups is 2. The van der Waals surface area contributed by atoms with Gasteiger partial charge in [-0.1, -0.05) is 46.5 Å². The third-order valence-electron chi connectivity index (χ3n) is 13.9. The second kappa shape index (κ2) is 12.8. The Bertz CT molecular complexity index is 1130. The molecule has 0 N–H and O–H groups in total. The third-order valence-corrected chi connectivity index (χ3v) is 13.9. The number of unbranched alkanes of at least 4 members (excludes halogenated alkanes) is 4. The summed E-state index contributed by atoms with van der Waals surface area (Å²) in [6, 6.07) is 0. The molecule has 8 saturated carbocycles. The van der Waals surface area contributed by atoms with Crippen LogP contribution in [-0.2, 0) is 23.8 Å². The maximum atomic E-state index is 15.9. The highest BCUT2D eigenvalue weighted by molar-refractivity contribution is 5.90. The molecule has 0 radical (unpaired) electrons. The Balaban J connectivity index is 1.25. The van der Waals surface area contributed by atoms with Gasteiger partial charge in [-0.2, -0.15) is 17.6 Å². The molecule has 5 nitrogen and oxygen atoms in total. The zero-order valence-corrected chi connectivity index (χ0v) is 28.3. The number of alkyl halides is 4. The van der Waals surface area contributed by atoms with E-state index in [-0.39, 0.29) is 41.6 Å². The SMILES string of the molecule is CCCCCC1(OC(=O)C(F)(F)C(F)(F)C(=O)OC2(CCCCC)C3CC4CC(C3)C(OCC)C2C4)C2CC3CC(C2)C(C)C1C3. The maximum Gasteiger partial charge on any atom is 0.415 e. The Morgan fingerprint density at radius 3 is 1.65 bits per heavy atom. The van der Waals surface area contributed by atoms with Gasteiger partial charge in [-0.3, -0.25) is 0 Å². The summed E-state index contributed by atoms with van der Waals surface area (Å²) in [5.41, 5.74) is -2.50. The van der Waals surface area contributed by atoms with Crippen molar-refractivity contribution in [2.75, 3.05) is 6.61 Å². The smallest absolute Gasteiger partial charge is 0.415 e. The predicted octanol–water partition coefficient (Wildman–Crippen LogP) is 9.15. The molecular weight excluding hydrogens is 600 g/mol. The first kappa shape index (κ1) is 34.5. The summed E-state index contributed by atoms with van der Waals surface area (Å²) < 4.78 is 81.4. The van der Waals surface area contributed by atoms with E-state index in [1.54, 1.807) is 0 Å². The van der Waals surface area contributed by atoms with Gasteiger partial charge in [-0.05, 0) is 125 Å². The second-order valence-corrected chi connectivity index (χ2v) is 16.3. The van der Waals surface area contributed by atoms with E-state index >= 15 is 17.6 Å². The molecule has 0 aromatic rings. The number of hydrogen-bond donors (Lipinski definition) is 0. The number of rotatable bonds is 15. The van der Waals surface area contributed by atoms with Crippen molar-refractivity contribution in [3.05, 3.63) is 0 Å². The van der Waals surface area contributed by atoms with E-state index in [0.29, 0.717) is 62.9 Å². The summed E-state index contributed by atoms with van der Waals surface area (Å²) in [7, 11) is 0. The first-order valence-corrected chi connectivity index (χ1v) is 18.7. The Kier molecular flexibility index (Phi) is 9.61. The van der Waals surface area contributed by atoms with Gasteiger partial charge in [0, 0.05) is 18.4 Å². The van der Waals surface area contributed by atoms with Crippen LogP contribution in [0.5, 0.6) is 0 Å². The van der Waals surface area contributed by atoms with E-state index < -0.39 is 35.0 Å². The van der Waals surface area contributed by atoms with Gasteiger partial charge in [0.15, 0.2) is 0 Å². The van der Waals surface area contributed by atoms with Crippen molar-refractivity contribution in [1.82, 2.24) is 0 Å². The number of carbonyl (C=O) groups excluding carboxylic acids is 2. The fraction of sp³-hybridized carbons (Fsp3) is 0.946. The number of esters is 2. The normalized spacial score (nSPS) is 42.4. The molecule has 9 heteroatoms. The van der Waals surface area contributed by atoms with Gasteiger partial charge in [-0.25, -0.2) is 9.59 Å². The van der Waals surface area contributed by atoms with Crippen LogP contribution in [0.1, 0.15) is 130 Å². The van der Waals surface area contributed by atoms with Gasteiger partial charge >= 0.3 is 23.8 Å². The zero-order valence-electron chi connectivity index (χ0n) is 28.3. The molecule has 8 bridgehead atoms. The van der Waals surface area contributed by atoms with Gasteiger partial charge in [0.1, 0.15) is 11.2 Å². The molecule has 12 atom stereocenters. The van der Waals surface area contributed by atoms with Crippen molar-refractivity contribution >= 4 is 11.9 Å². The summed E-state index contributed by atoms with van der Waals surface area (Å²) in [4.78, 5) is 26.9. The third kappa shape index (κ3) is 5.43. The van der Waals surface area contributed by atoms with E-state index in [4.69, 9.17) is 14.2 Å². The molecule has 0 saturated heterocycles. The molecule has 12 unspecified atom stereocenters. The Morgan fingerprint density at radius 1 is 0.652 bits per heavy atom. The molecule has 8 fully saturated rings. The van der Waals surface area contributed by atoms with E-state index in [9.17, 15) is 9.59 Å². The standard InChI is InChI=1S/C37H56F4O5/c1-5-8-10-12-34(27-16-23-14-25(20-27)22(4)29(34)18-23)45-32(42)36(38,39)37(40,41)33(43)46-35(13-11-9-6-2)28-17-24-15-26(21-28)31(44-7-3)30(35)19-24/h22-31H,5-21H2,1-4H3. The van der Waals surface area contributed by atoms with Crippen LogP contribution in [0, 0.1) is 53.3 Å². The molecular formula is C37H56F4O5. The minimum atomic E-state index is -5.36. The molecule has 8 rings (SSSR count). The number of halogens is 4. The van der Waals surface area contributed by atoms with Crippen LogP contribution in [0.15, 0.2) is 0 Å². The van der Waals surface area contributed by atoms with E-state index in [1.807, 2.05) is 20.8 Å². The van der Waals surface area contributed by atoms with Crippen molar-refractivity contribution in [2.24, 2.45) is 53.3 Å². The highest BCUT2D eigenvalue weighted by Gasteiger charge is 2.74. The van der Waals surface area contributed by atoms with Gasteiger partial charge in [-0.15, -0.1) is 0 Å². The lowest BCUT2D eigenvalue weighted by molar-refractivity contribution is -0.285. The topological polar surface area (TPSA) is 61.8 Å². The van der Waals surface area contributed by atoms with Crippen LogP contribution in [0.4, 0.5) is 17.6 Å². The first-order chi connectivity index (χ1) is 21.8. The molecule has 46 heavy (non-hydrogen) atoms. The summed E-state index contributed by atoms with van der Waals surface area (Å²) in [6.07, 6.45) is 11.7. The average Bonchev–Trinajstić information content (AvgIpc) is 3.01. The van der Waals surface area contributed by atoms with Crippen molar-refractivity contribution in [1.29, 1.82) is 0 Å². The Morgan fingerprint density at radius 2 is 1.13 bits per heavy atom. The molecule has 8 aliphatic rings. The molecule has 0 aromatic heterocycles. The first-order valence-electron chi connectivity index (χ1n) is 18.7. The van der Waals surface area contributed by atoms with Crippen LogP contribution < -0.4 is 0 Å². The molecule has 0 aromatic carbocycles. The highest BCUT2D eigenvalue weighted by atomic mass is 19.3. The number of ether oxygens (including phenoxy) is 3. The molecule has 262 valence electrons. The predicted molar refractivity (Wildman–Crippen MR) is 165 cm³/mol.